The zero-order valence-electron chi connectivity index (χ0n) is 8.45. The largest absolute Gasteiger partial charge is 0.319 e. The minimum Gasteiger partial charge on any atom is -0.319 e. The highest BCUT2D eigenvalue weighted by Crippen LogP contribution is 2.29. The summed E-state index contributed by atoms with van der Waals surface area (Å²) >= 11 is 4.34. The molecule has 1 aromatic carbocycles. The van der Waals surface area contributed by atoms with Crippen molar-refractivity contribution >= 4 is 27.5 Å². The van der Waals surface area contributed by atoms with Crippen molar-refractivity contribution in [3.63, 3.8) is 0 Å². The van der Waals surface area contributed by atoms with E-state index in [1.807, 2.05) is 6.92 Å². The molecule has 2 N–H and O–H groups in total. The van der Waals surface area contributed by atoms with Gasteiger partial charge in [0.2, 0.25) is 0 Å². The quantitative estimate of drug-likeness (QED) is 0.928. The van der Waals surface area contributed by atoms with E-state index >= 15 is 0 Å². The number of nitrogens with zero attached hydrogens (tertiary/aromatic N) is 2. The zero-order valence-corrected chi connectivity index (χ0v) is 10.8. The maximum absolute atomic E-state index is 13.8. The van der Waals surface area contributed by atoms with E-state index in [1.165, 1.54) is 11.5 Å². The molecule has 0 radical (unpaired) electrons. The molecular formula is C10H9BrFN3S. The standard InChI is InChI=1S/C10H9BrFN3S/c1-5-10(16-15-14-5)9(13)6-3-2-4-7(11)8(6)12/h2-4,9H,13H2,1H3. The minimum atomic E-state index is -0.516. The summed E-state index contributed by atoms with van der Waals surface area (Å²) in [4.78, 5) is 0.789. The molecule has 0 aliphatic rings. The third kappa shape index (κ3) is 2.00. The first-order valence-electron chi connectivity index (χ1n) is 4.59. The molecule has 0 amide bonds. The average molecular weight is 302 g/mol. The van der Waals surface area contributed by atoms with Gasteiger partial charge in [-0.25, -0.2) is 4.39 Å². The zero-order chi connectivity index (χ0) is 11.7. The molecule has 84 valence electrons. The fraction of sp³-hybridized carbons (Fsp3) is 0.200. The van der Waals surface area contributed by atoms with Gasteiger partial charge in [-0.2, -0.15) is 0 Å². The summed E-state index contributed by atoms with van der Waals surface area (Å²) < 4.78 is 18.0. The van der Waals surface area contributed by atoms with E-state index in [1.54, 1.807) is 18.2 Å². The van der Waals surface area contributed by atoms with Gasteiger partial charge in [0.05, 0.1) is 21.1 Å². The number of aryl methyl sites for hydroxylation is 1. The highest BCUT2D eigenvalue weighted by Gasteiger charge is 2.19. The van der Waals surface area contributed by atoms with Gasteiger partial charge >= 0.3 is 0 Å². The molecule has 0 bridgehead atoms. The highest BCUT2D eigenvalue weighted by molar-refractivity contribution is 9.10. The minimum absolute atomic E-state index is 0.331. The number of hydrogen-bond acceptors (Lipinski definition) is 4. The molecule has 1 unspecified atom stereocenters. The number of hydrogen-bond donors (Lipinski definition) is 1. The topological polar surface area (TPSA) is 51.8 Å². The third-order valence-electron chi connectivity index (χ3n) is 2.29. The van der Waals surface area contributed by atoms with Crippen LogP contribution in [-0.4, -0.2) is 9.59 Å². The fourth-order valence-corrected chi connectivity index (χ4v) is 2.47. The molecule has 0 spiro atoms. The molecule has 3 nitrogen and oxygen atoms in total. The molecule has 2 aromatic rings. The second-order valence-electron chi connectivity index (χ2n) is 3.34. The van der Waals surface area contributed by atoms with Crippen LogP contribution >= 0.6 is 27.5 Å². The summed E-state index contributed by atoms with van der Waals surface area (Å²) in [6.07, 6.45) is 0. The smallest absolute Gasteiger partial charge is 0.142 e. The van der Waals surface area contributed by atoms with Crippen molar-refractivity contribution < 1.29 is 4.39 Å². The van der Waals surface area contributed by atoms with Crippen LogP contribution in [0.1, 0.15) is 22.2 Å². The molecule has 0 fully saturated rings. The van der Waals surface area contributed by atoms with Crippen LogP contribution < -0.4 is 5.73 Å². The van der Waals surface area contributed by atoms with Gasteiger partial charge < -0.3 is 5.73 Å². The highest BCUT2D eigenvalue weighted by atomic mass is 79.9. The Bertz CT molecular complexity index is 515. The monoisotopic (exact) mass is 301 g/mol. The number of benzene rings is 1. The molecular weight excluding hydrogens is 293 g/mol. The molecule has 6 heteroatoms. The first-order valence-corrected chi connectivity index (χ1v) is 6.16. The lowest BCUT2D eigenvalue weighted by molar-refractivity contribution is 0.594. The van der Waals surface area contributed by atoms with E-state index in [0.29, 0.717) is 10.0 Å². The van der Waals surface area contributed by atoms with Crippen molar-refractivity contribution in [2.45, 2.75) is 13.0 Å². The van der Waals surface area contributed by atoms with Crippen molar-refractivity contribution in [3.05, 3.63) is 44.6 Å². The summed E-state index contributed by atoms with van der Waals surface area (Å²) in [5.74, 6) is -0.331. The Balaban J connectivity index is 2.46. The normalized spacial score (nSPS) is 12.8. The second-order valence-corrected chi connectivity index (χ2v) is 4.98. The van der Waals surface area contributed by atoms with Crippen molar-refractivity contribution in [2.24, 2.45) is 5.73 Å². The summed E-state index contributed by atoms with van der Waals surface area (Å²) in [5.41, 5.74) is 7.20. The van der Waals surface area contributed by atoms with Crippen LogP contribution in [0.2, 0.25) is 0 Å². The van der Waals surface area contributed by atoms with Gasteiger partial charge in [-0.1, -0.05) is 16.6 Å². The van der Waals surface area contributed by atoms with Crippen LogP contribution in [0.3, 0.4) is 0 Å². The Hall–Kier alpha value is -0.850. The third-order valence-corrected chi connectivity index (χ3v) is 3.81. The van der Waals surface area contributed by atoms with Crippen LogP contribution in [0.15, 0.2) is 22.7 Å². The van der Waals surface area contributed by atoms with Gasteiger partial charge in [-0.05, 0) is 40.5 Å². The molecule has 0 saturated heterocycles. The van der Waals surface area contributed by atoms with Crippen molar-refractivity contribution in [3.8, 4) is 0 Å². The van der Waals surface area contributed by atoms with Crippen LogP contribution in [0, 0.1) is 12.7 Å². The first kappa shape index (κ1) is 11.6. The van der Waals surface area contributed by atoms with Crippen molar-refractivity contribution in [1.29, 1.82) is 0 Å². The predicted molar refractivity (Wildman–Crippen MR) is 64.8 cm³/mol. The maximum atomic E-state index is 13.8. The lowest BCUT2D eigenvalue weighted by atomic mass is 10.0. The number of aromatic nitrogens is 2. The van der Waals surface area contributed by atoms with Gasteiger partial charge in [0.1, 0.15) is 5.82 Å². The van der Waals surface area contributed by atoms with E-state index in [4.69, 9.17) is 5.73 Å². The summed E-state index contributed by atoms with van der Waals surface area (Å²) in [7, 11) is 0. The Morgan fingerprint density at radius 1 is 1.50 bits per heavy atom. The van der Waals surface area contributed by atoms with Crippen molar-refractivity contribution in [1.82, 2.24) is 9.59 Å². The first-order chi connectivity index (χ1) is 7.61. The Kier molecular flexibility index (Phi) is 3.32. The number of halogens is 2. The molecule has 1 heterocycles. The Morgan fingerprint density at radius 3 is 2.88 bits per heavy atom. The molecule has 1 aromatic heterocycles. The maximum Gasteiger partial charge on any atom is 0.142 e. The lowest BCUT2D eigenvalue weighted by Crippen LogP contribution is -2.13. The second kappa shape index (κ2) is 4.57. The van der Waals surface area contributed by atoms with Gasteiger partial charge in [0, 0.05) is 5.56 Å². The SMILES string of the molecule is Cc1nnsc1C(N)c1cccc(Br)c1F. The fourth-order valence-electron chi connectivity index (χ4n) is 1.42. The summed E-state index contributed by atoms with van der Waals surface area (Å²) in [5, 5.41) is 3.87. The molecule has 0 aliphatic heterocycles. The van der Waals surface area contributed by atoms with Crippen LogP contribution in [-0.2, 0) is 0 Å². The van der Waals surface area contributed by atoms with Crippen molar-refractivity contribution in [2.75, 3.05) is 0 Å². The van der Waals surface area contributed by atoms with E-state index in [0.717, 1.165) is 10.6 Å². The lowest BCUT2D eigenvalue weighted by Gasteiger charge is -2.11. The van der Waals surface area contributed by atoms with Gasteiger partial charge in [0.25, 0.3) is 0 Å². The Labute approximate surface area is 105 Å². The number of rotatable bonds is 2. The van der Waals surface area contributed by atoms with Crippen LogP contribution in [0.25, 0.3) is 0 Å². The average Bonchev–Trinajstić information content (AvgIpc) is 2.68. The van der Waals surface area contributed by atoms with Gasteiger partial charge in [-0.15, -0.1) is 5.10 Å². The van der Waals surface area contributed by atoms with E-state index in [9.17, 15) is 4.39 Å². The van der Waals surface area contributed by atoms with E-state index in [-0.39, 0.29) is 5.82 Å². The molecule has 1 atom stereocenters. The Morgan fingerprint density at radius 2 is 2.25 bits per heavy atom. The van der Waals surface area contributed by atoms with Crippen LogP contribution in [0.5, 0.6) is 0 Å². The predicted octanol–water partition coefficient (Wildman–Crippen LogP) is 2.80. The van der Waals surface area contributed by atoms with E-state index in [2.05, 4.69) is 25.5 Å². The van der Waals surface area contributed by atoms with Gasteiger partial charge in [0.15, 0.2) is 0 Å². The van der Waals surface area contributed by atoms with E-state index < -0.39 is 6.04 Å². The summed E-state index contributed by atoms with van der Waals surface area (Å²) in [6, 6.07) is 4.55. The summed E-state index contributed by atoms with van der Waals surface area (Å²) in [6.45, 7) is 1.81. The molecule has 0 aliphatic carbocycles. The molecule has 0 saturated carbocycles. The van der Waals surface area contributed by atoms with Gasteiger partial charge in [-0.3, -0.25) is 0 Å². The molecule has 16 heavy (non-hydrogen) atoms. The number of nitrogens with two attached hydrogens (primary N) is 1. The van der Waals surface area contributed by atoms with Crippen LogP contribution in [0.4, 0.5) is 4.39 Å². The molecule has 2 rings (SSSR count).